The fourth-order valence-electron chi connectivity index (χ4n) is 2.24. The van der Waals surface area contributed by atoms with Gasteiger partial charge in [0.25, 0.3) is 5.91 Å². The average molecular weight is 302 g/mol. The Morgan fingerprint density at radius 1 is 1.30 bits per heavy atom. The van der Waals surface area contributed by atoms with Gasteiger partial charge in [0.05, 0.1) is 5.69 Å². The molecule has 4 N–H and O–H groups in total. The van der Waals surface area contributed by atoms with Crippen LogP contribution in [0.2, 0.25) is 0 Å². The maximum atomic E-state index is 12.3. The minimum atomic E-state index is -4.00. The van der Waals surface area contributed by atoms with Crippen LogP contribution < -0.4 is 10.5 Å². The molecule has 8 heteroatoms. The number of hydrogen-bond donors (Lipinski definition) is 3. The Bertz CT molecular complexity index is 580. The molecule has 20 heavy (non-hydrogen) atoms. The summed E-state index contributed by atoms with van der Waals surface area (Å²) in [6.07, 6.45) is 2.25. The van der Waals surface area contributed by atoms with Crippen molar-refractivity contribution >= 4 is 15.9 Å². The zero-order valence-electron chi connectivity index (χ0n) is 12.3. The molecule has 1 aromatic rings. The van der Waals surface area contributed by atoms with Crippen LogP contribution in [0.5, 0.6) is 0 Å². The zero-order chi connectivity index (χ0) is 15.6. The van der Waals surface area contributed by atoms with Crippen molar-refractivity contribution in [2.75, 3.05) is 0 Å². The van der Waals surface area contributed by atoms with Crippen LogP contribution in [0.4, 0.5) is 0 Å². The second-order valence-corrected chi connectivity index (χ2v) is 6.36. The maximum Gasteiger partial charge on any atom is 0.273 e. The van der Waals surface area contributed by atoms with E-state index in [0.29, 0.717) is 0 Å². The van der Waals surface area contributed by atoms with Crippen LogP contribution in [0.1, 0.15) is 56.2 Å². The van der Waals surface area contributed by atoms with Crippen molar-refractivity contribution < 1.29 is 13.2 Å². The number of nitrogens with zero attached hydrogens (tertiary/aromatic N) is 1. The number of amides is 1. The van der Waals surface area contributed by atoms with Gasteiger partial charge in [0, 0.05) is 5.54 Å². The molecule has 0 saturated carbocycles. The number of aromatic nitrogens is 2. The number of rotatable bonds is 6. The smallest absolute Gasteiger partial charge is 0.273 e. The molecule has 0 saturated heterocycles. The third-order valence-electron chi connectivity index (χ3n) is 3.80. The summed E-state index contributed by atoms with van der Waals surface area (Å²) in [5.41, 5.74) is -0.281. The molecule has 0 bridgehead atoms. The summed E-state index contributed by atoms with van der Waals surface area (Å²) in [7, 11) is -4.00. The summed E-state index contributed by atoms with van der Waals surface area (Å²) >= 11 is 0. The van der Waals surface area contributed by atoms with Crippen LogP contribution in [0.3, 0.4) is 0 Å². The Morgan fingerprint density at radius 2 is 1.80 bits per heavy atom. The van der Waals surface area contributed by atoms with E-state index in [-0.39, 0.29) is 21.8 Å². The summed E-state index contributed by atoms with van der Waals surface area (Å²) in [6.45, 7) is 7.44. The van der Waals surface area contributed by atoms with Gasteiger partial charge in [-0.2, -0.15) is 5.10 Å². The normalized spacial score (nSPS) is 12.4. The lowest BCUT2D eigenvalue weighted by molar-refractivity contribution is 0.0879. The van der Waals surface area contributed by atoms with Gasteiger partial charge >= 0.3 is 0 Å². The highest BCUT2D eigenvalue weighted by Crippen LogP contribution is 2.22. The van der Waals surface area contributed by atoms with Crippen LogP contribution >= 0.6 is 0 Å². The largest absolute Gasteiger partial charge is 0.345 e. The molecule has 0 aliphatic heterocycles. The molecule has 7 nitrogen and oxygen atoms in total. The maximum absolute atomic E-state index is 12.3. The summed E-state index contributed by atoms with van der Waals surface area (Å²) in [5, 5.41) is 14.3. The van der Waals surface area contributed by atoms with E-state index in [1.807, 2.05) is 20.8 Å². The molecule has 0 atom stereocenters. The first-order valence-corrected chi connectivity index (χ1v) is 8.15. The fourth-order valence-corrected chi connectivity index (χ4v) is 3.12. The number of sulfonamides is 1. The van der Waals surface area contributed by atoms with Crippen LogP contribution in [0.15, 0.2) is 4.90 Å². The second kappa shape index (κ2) is 5.92. The van der Waals surface area contributed by atoms with E-state index in [1.165, 1.54) is 6.92 Å². The lowest BCUT2D eigenvalue weighted by atomic mass is 9.89. The average Bonchev–Trinajstić information content (AvgIpc) is 2.78. The van der Waals surface area contributed by atoms with Gasteiger partial charge in [-0.25, -0.2) is 13.6 Å². The molecule has 0 aliphatic rings. The van der Waals surface area contributed by atoms with Crippen LogP contribution in [-0.2, 0) is 10.0 Å². The molecule has 114 valence electrons. The third kappa shape index (κ3) is 3.18. The van der Waals surface area contributed by atoms with E-state index in [0.717, 1.165) is 19.3 Å². The first kappa shape index (κ1) is 16.6. The standard InChI is InChI=1S/C12H22N4O3S/c1-5-12(6-2,7-3)14-11(17)9-10(20(13,18)19)8(4)15-16-9/h5-7H2,1-4H3,(H,14,17)(H,15,16)(H2,13,18,19). The topological polar surface area (TPSA) is 118 Å². The molecule has 0 spiro atoms. The second-order valence-electron chi connectivity index (χ2n) is 4.87. The first-order valence-electron chi connectivity index (χ1n) is 6.61. The third-order valence-corrected chi connectivity index (χ3v) is 4.87. The van der Waals surface area contributed by atoms with Crippen molar-refractivity contribution in [3.8, 4) is 0 Å². The molecule has 1 amide bonds. The Morgan fingerprint density at radius 3 is 2.20 bits per heavy atom. The first-order chi connectivity index (χ1) is 9.20. The monoisotopic (exact) mass is 302 g/mol. The number of aromatic amines is 1. The molecule has 0 unspecified atom stereocenters. The predicted octanol–water partition coefficient (Wildman–Crippen LogP) is 1.06. The Kier molecular flexibility index (Phi) is 4.93. The van der Waals surface area contributed by atoms with Gasteiger partial charge in [-0.3, -0.25) is 9.89 Å². The molecule has 0 fully saturated rings. The van der Waals surface area contributed by atoms with E-state index in [1.54, 1.807) is 0 Å². The SMILES string of the molecule is CCC(CC)(CC)NC(=O)c1n[nH]c(C)c1S(N)(=O)=O. The Hall–Kier alpha value is -1.41. The number of hydrogen-bond acceptors (Lipinski definition) is 4. The van der Waals surface area contributed by atoms with Crippen LogP contribution in [0, 0.1) is 6.92 Å². The van der Waals surface area contributed by atoms with Crippen LogP contribution in [0.25, 0.3) is 0 Å². The zero-order valence-corrected chi connectivity index (χ0v) is 13.1. The van der Waals surface area contributed by atoms with Gasteiger partial charge in [-0.15, -0.1) is 0 Å². The number of nitrogens with one attached hydrogen (secondary N) is 2. The fraction of sp³-hybridized carbons (Fsp3) is 0.667. The van der Waals surface area contributed by atoms with Crippen molar-refractivity contribution in [2.45, 2.75) is 57.4 Å². The number of primary sulfonamides is 1. The minimum Gasteiger partial charge on any atom is -0.345 e. The number of nitrogens with two attached hydrogens (primary N) is 1. The van der Waals surface area contributed by atoms with E-state index in [9.17, 15) is 13.2 Å². The molecule has 0 radical (unpaired) electrons. The number of carbonyl (C=O) groups excluding carboxylic acids is 1. The highest BCUT2D eigenvalue weighted by atomic mass is 32.2. The van der Waals surface area contributed by atoms with Crippen LogP contribution in [-0.4, -0.2) is 30.1 Å². The molecule has 0 aliphatic carbocycles. The van der Waals surface area contributed by atoms with Crippen molar-refractivity contribution in [1.29, 1.82) is 0 Å². The summed E-state index contributed by atoms with van der Waals surface area (Å²) in [6, 6.07) is 0. The molecular weight excluding hydrogens is 280 g/mol. The summed E-state index contributed by atoms with van der Waals surface area (Å²) in [5.74, 6) is -0.524. The summed E-state index contributed by atoms with van der Waals surface area (Å²) < 4.78 is 23.1. The Balaban J connectivity index is 3.18. The van der Waals surface area contributed by atoms with E-state index < -0.39 is 15.9 Å². The van der Waals surface area contributed by atoms with Gasteiger partial charge in [0.2, 0.25) is 10.0 Å². The molecular formula is C12H22N4O3S. The van der Waals surface area contributed by atoms with Crippen molar-refractivity contribution in [3.63, 3.8) is 0 Å². The predicted molar refractivity (Wildman–Crippen MR) is 75.8 cm³/mol. The van der Waals surface area contributed by atoms with E-state index >= 15 is 0 Å². The highest BCUT2D eigenvalue weighted by Gasteiger charge is 2.31. The minimum absolute atomic E-state index is 0.176. The van der Waals surface area contributed by atoms with Gasteiger partial charge in [-0.05, 0) is 26.2 Å². The van der Waals surface area contributed by atoms with Gasteiger partial charge in [0.1, 0.15) is 4.90 Å². The van der Waals surface area contributed by atoms with E-state index in [2.05, 4.69) is 15.5 Å². The molecule has 1 rings (SSSR count). The van der Waals surface area contributed by atoms with Gasteiger partial charge in [-0.1, -0.05) is 20.8 Å². The quantitative estimate of drug-likeness (QED) is 0.728. The Labute approximate surface area is 119 Å². The van der Waals surface area contributed by atoms with E-state index in [4.69, 9.17) is 5.14 Å². The summed E-state index contributed by atoms with van der Waals surface area (Å²) in [4.78, 5) is 12.1. The lowest BCUT2D eigenvalue weighted by Gasteiger charge is -2.31. The van der Waals surface area contributed by atoms with Gasteiger partial charge < -0.3 is 5.32 Å². The molecule has 0 aromatic carbocycles. The van der Waals surface area contributed by atoms with Crippen molar-refractivity contribution in [2.24, 2.45) is 5.14 Å². The number of H-pyrrole nitrogens is 1. The van der Waals surface area contributed by atoms with Gasteiger partial charge in [0.15, 0.2) is 5.69 Å². The highest BCUT2D eigenvalue weighted by molar-refractivity contribution is 7.89. The molecule has 1 heterocycles. The number of carbonyl (C=O) groups is 1. The molecule has 1 aromatic heterocycles. The van der Waals surface area contributed by atoms with Crippen molar-refractivity contribution in [1.82, 2.24) is 15.5 Å². The number of aryl methyl sites for hydroxylation is 1. The lowest BCUT2D eigenvalue weighted by Crippen LogP contribution is -2.47. The van der Waals surface area contributed by atoms with Crippen molar-refractivity contribution in [3.05, 3.63) is 11.4 Å².